The fourth-order valence-corrected chi connectivity index (χ4v) is 5.51. The predicted molar refractivity (Wildman–Crippen MR) is 113 cm³/mol. The summed E-state index contributed by atoms with van der Waals surface area (Å²) in [5, 5.41) is 0. The Morgan fingerprint density at radius 1 is 1.10 bits per heavy atom. The van der Waals surface area contributed by atoms with Crippen molar-refractivity contribution in [3.8, 4) is 0 Å². The highest BCUT2D eigenvalue weighted by molar-refractivity contribution is 7.89. The fourth-order valence-electron chi connectivity index (χ4n) is 3.96. The minimum atomic E-state index is -3.63. The van der Waals surface area contributed by atoms with Gasteiger partial charge in [-0.05, 0) is 56.4 Å². The van der Waals surface area contributed by atoms with Gasteiger partial charge >= 0.3 is 0 Å². The maximum absolute atomic E-state index is 14.2. The number of benzene rings is 2. The Balaban J connectivity index is 1.64. The summed E-state index contributed by atoms with van der Waals surface area (Å²) in [5.41, 5.74) is 1.56. The molecule has 2 aromatic rings. The number of nitrogens with zero attached hydrogens (tertiary/aromatic N) is 2. The molecular weight excluding hydrogens is 403 g/mol. The number of piperidine rings is 1. The van der Waals surface area contributed by atoms with Gasteiger partial charge in [0.05, 0.1) is 4.90 Å². The van der Waals surface area contributed by atoms with Gasteiger partial charge in [0.1, 0.15) is 5.82 Å². The maximum atomic E-state index is 14.2. The van der Waals surface area contributed by atoms with Crippen LogP contribution in [0.1, 0.15) is 53.6 Å². The first-order valence-electron chi connectivity index (χ1n) is 10.5. The van der Waals surface area contributed by atoms with Crippen molar-refractivity contribution in [2.24, 2.45) is 0 Å². The van der Waals surface area contributed by atoms with E-state index in [2.05, 4.69) is 0 Å². The average molecular weight is 431 g/mol. The number of hydrogen-bond donors (Lipinski definition) is 0. The van der Waals surface area contributed by atoms with E-state index >= 15 is 0 Å². The largest absolute Gasteiger partial charge is 0.331 e. The third kappa shape index (κ3) is 4.27. The molecule has 0 aromatic heterocycles. The van der Waals surface area contributed by atoms with Crippen LogP contribution in [0.15, 0.2) is 47.4 Å². The molecular formula is C23H27FN2O3S. The molecule has 1 aliphatic carbocycles. The smallest absolute Gasteiger partial charge is 0.254 e. The van der Waals surface area contributed by atoms with E-state index < -0.39 is 10.0 Å². The van der Waals surface area contributed by atoms with Crippen molar-refractivity contribution in [3.63, 3.8) is 0 Å². The number of aryl methyl sites for hydroxylation is 1. The van der Waals surface area contributed by atoms with Crippen LogP contribution in [0.2, 0.25) is 0 Å². The average Bonchev–Trinajstić information content (AvgIpc) is 3.59. The van der Waals surface area contributed by atoms with Crippen LogP contribution in [0.3, 0.4) is 0 Å². The molecule has 30 heavy (non-hydrogen) atoms. The number of rotatable bonds is 6. The van der Waals surface area contributed by atoms with Crippen LogP contribution in [-0.2, 0) is 16.6 Å². The molecule has 7 heteroatoms. The molecule has 0 radical (unpaired) electrons. The molecule has 2 aliphatic rings. The second-order valence-electron chi connectivity index (χ2n) is 8.20. The Hall–Kier alpha value is -2.25. The van der Waals surface area contributed by atoms with Crippen molar-refractivity contribution in [3.05, 3.63) is 65.0 Å². The van der Waals surface area contributed by atoms with Crippen LogP contribution in [0.25, 0.3) is 0 Å². The molecule has 1 saturated heterocycles. The third-order valence-corrected chi connectivity index (χ3v) is 7.83. The van der Waals surface area contributed by atoms with Crippen molar-refractivity contribution >= 4 is 15.9 Å². The maximum Gasteiger partial charge on any atom is 0.254 e. The predicted octanol–water partition coefficient (Wildman–Crippen LogP) is 4.11. The van der Waals surface area contributed by atoms with Crippen molar-refractivity contribution < 1.29 is 17.6 Å². The van der Waals surface area contributed by atoms with Crippen molar-refractivity contribution in [1.29, 1.82) is 0 Å². The van der Waals surface area contributed by atoms with Gasteiger partial charge in [0.25, 0.3) is 5.91 Å². The first kappa shape index (κ1) is 21.0. The standard InChI is InChI=1S/C23H27FN2O3S/c1-17-9-12-20(30(28,29)25-13-5-2-6-14-25)15-21(17)23(27)26(19-10-11-19)16-18-7-3-4-8-22(18)24/h3-4,7-9,12,15,19H,2,5-6,10-11,13-14,16H2,1H3. The zero-order valence-electron chi connectivity index (χ0n) is 17.2. The van der Waals surface area contributed by atoms with Crippen molar-refractivity contribution in [2.75, 3.05) is 13.1 Å². The van der Waals surface area contributed by atoms with Gasteiger partial charge in [0.2, 0.25) is 10.0 Å². The molecule has 4 rings (SSSR count). The molecule has 1 aliphatic heterocycles. The number of amides is 1. The van der Waals surface area contributed by atoms with E-state index in [9.17, 15) is 17.6 Å². The second kappa shape index (κ2) is 8.47. The van der Waals surface area contributed by atoms with Crippen molar-refractivity contribution in [1.82, 2.24) is 9.21 Å². The number of halogens is 1. The van der Waals surface area contributed by atoms with Gasteiger partial charge in [-0.15, -0.1) is 0 Å². The van der Waals surface area contributed by atoms with Crippen LogP contribution in [0.5, 0.6) is 0 Å². The summed E-state index contributed by atoms with van der Waals surface area (Å²) in [5.74, 6) is -0.581. The zero-order chi connectivity index (χ0) is 21.3. The quantitative estimate of drug-likeness (QED) is 0.693. The Kier molecular flexibility index (Phi) is 5.93. The number of hydrogen-bond acceptors (Lipinski definition) is 3. The molecule has 0 unspecified atom stereocenters. The van der Waals surface area contributed by atoms with E-state index in [0.717, 1.165) is 37.7 Å². The second-order valence-corrected chi connectivity index (χ2v) is 10.1. The first-order chi connectivity index (χ1) is 14.4. The molecule has 0 N–H and O–H groups in total. The van der Waals surface area contributed by atoms with Gasteiger partial charge in [-0.3, -0.25) is 4.79 Å². The molecule has 2 aromatic carbocycles. The molecule has 5 nitrogen and oxygen atoms in total. The van der Waals surface area contributed by atoms with Gasteiger partial charge in [-0.1, -0.05) is 30.7 Å². The van der Waals surface area contributed by atoms with E-state index in [0.29, 0.717) is 24.2 Å². The molecule has 1 saturated carbocycles. The lowest BCUT2D eigenvalue weighted by Crippen LogP contribution is -2.36. The van der Waals surface area contributed by atoms with Gasteiger partial charge in [-0.2, -0.15) is 4.31 Å². The SMILES string of the molecule is Cc1ccc(S(=O)(=O)N2CCCCC2)cc1C(=O)N(Cc1ccccc1F)C1CC1. The van der Waals surface area contributed by atoms with Gasteiger partial charge in [0, 0.05) is 36.8 Å². The van der Waals surface area contributed by atoms with E-state index in [1.54, 1.807) is 42.2 Å². The Morgan fingerprint density at radius 3 is 2.47 bits per heavy atom. The third-order valence-electron chi connectivity index (χ3n) is 5.94. The van der Waals surface area contributed by atoms with E-state index in [1.807, 2.05) is 0 Å². The summed E-state index contributed by atoms with van der Waals surface area (Å²) >= 11 is 0. The summed E-state index contributed by atoms with van der Waals surface area (Å²) in [6.07, 6.45) is 4.51. The first-order valence-corrected chi connectivity index (χ1v) is 12.0. The summed E-state index contributed by atoms with van der Waals surface area (Å²) < 4.78 is 41.8. The van der Waals surface area contributed by atoms with Gasteiger partial charge in [-0.25, -0.2) is 12.8 Å². The lowest BCUT2D eigenvalue weighted by molar-refractivity contribution is 0.0727. The molecule has 0 atom stereocenters. The van der Waals surface area contributed by atoms with Crippen LogP contribution >= 0.6 is 0 Å². The summed E-state index contributed by atoms with van der Waals surface area (Å²) in [4.78, 5) is 15.2. The monoisotopic (exact) mass is 430 g/mol. The normalized spacial score (nSPS) is 17.7. The number of carbonyl (C=O) groups excluding carboxylic acids is 1. The van der Waals surface area contributed by atoms with Crippen LogP contribution < -0.4 is 0 Å². The van der Waals surface area contributed by atoms with Gasteiger partial charge < -0.3 is 4.90 Å². The highest BCUT2D eigenvalue weighted by Gasteiger charge is 2.35. The zero-order valence-corrected chi connectivity index (χ0v) is 18.0. The van der Waals surface area contributed by atoms with E-state index in [-0.39, 0.29) is 29.2 Å². The highest BCUT2D eigenvalue weighted by atomic mass is 32.2. The number of sulfonamides is 1. The Bertz CT molecular complexity index is 1040. The Labute approximate surface area is 177 Å². The Morgan fingerprint density at radius 2 is 1.80 bits per heavy atom. The van der Waals surface area contributed by atoms with Crippen molar-refractivity contribution in [2.45, 2.75) is 56.5 Å². The van der Waals surface area contributed by atoms with E-state index in [4.69, 9.17) is 0 Å². The molecule has 1 heterocycles. The molecule has 0 spiro atoms. The topological polar surface area (TPSA) is 57.7 Å². The molecule has 2 fully saturated rings. The molecule has 160 valence electrons. The summed E-state index contributed by atoms with van der Waals surface area (Å²) in [6, 6.07) is 11.3. The molecule has 1 amide bonds. The summed E-state index contributed by atoms with van der Waals surface area (Å²) in [7, 11) is -3.63. The van der Waals surface area contributed by atoms with Gasteiger partial charge in [0.15, 0.2) is 0 Å². The minimum absolute atomic E-state index is 0.0684. The van der Waals surface area contributed by atoms with E-state index in [1.165, 1.54) is 16.4 Å². The van der Waals surface area contributed by atoms with Crippen LogP contribution in [0.4, 0.5) is 4.39 Å². The summed E-state index contributed by atoms with van der Waals surface area (Å²) in [6.45, 7) is 3.01. The lowest BCUT2D eigenvalue weighted by atomic mass is 10.1. The molecule has 0 bridgehead atoms. The highest BCUT2D eigenvalue weighted by Crippen LogP contribution is 2.32. The fraction of sp³-hybridized carbons (Fsp3) is 0.435. The minimum Gasteiger partial charge on any atom is -0.331 e. The van der Waals surface area contributed by atoms with Crippen LogP contribution in [-0.4, -0.2) is 42.7 Å². The van der Waals surface area contributed by atoms with Crippen LogP contribution in [0, 0.1) is 12.7 Å². The number of carbonyl (C=O) groups is 1. The lowest BCUT2D eigenvalue weighted by Gasteiger charge is -2.27.